The Hall–Kier alpha value is -1.60. The van der Waals surface area contributed by atoms with E-state index in [1.807, 2.05) is 6.07 Å². The Labute approximate surface area is 121 Å². The fraction of sp³-hybridized carbons (Fsp3) is 0.368. The molecule has 0 unspecified atom stereocenters. The molecule has 0 radical (unpaired) electrons. The normalized spacial score (nSPS) is 14.4. The maximum absolute atomic E-state index is 5.76. The van der Waals surface area contributed by atoms with Crippen molar-refractivity contribution in [3.63, 3.8) is 0 Å². The smallest absolute Gasteiger partial charge is 0.0716 e. The van der Waals surface area contributed by atoms with Crippen LogP contribution in [0.1, 0.15) is 29.5 Å². The zero-order chi connectivity index (χ0) is 13.6. The van der Waals surface area contributed by atoms with Gasteiger partial charge in [0.1, 0.15) is 0 Å². The molecule has 2 aromatic rings. The Morgan fingerprint density at radius 3 is 2.20 bits per heavy atom. The highest BCUT2D eigenvalue weighted by Gasteiger charge is 2.19. The monoisotopic (exact) mass is 266 g/mol. The lowest BCUT2D eigenvalue weighted by Gasteiger charge is -2.09. The summed E-state index contributed by atoms with van der Waals surface area (Å²) >= 11 is 0. The van der Waals surface area contributed by atoms with Crippen LogP contribution in [0.15, 0.2) is 54.6 Å². The molecule has 1 aliphatic carbocycles. The summed E-state index contributed by atoms with van der Waals surface area (Å²) in [5, 5.41) is 0. The third-order valence-corrected chi connectivity index (χ3v) is 4.15. The van der Waals surface area contributed by atoms with Gasteiger partial charge in [0.05, 0.1) is 6.61 Å². The first kappa shape index (κ1) is 13.4. The first-order valence-electron chi connectivity index (χ1n) is 7.60. The van der Waals surface area contributed by atoms with Gasteiger partial charge in [0.25, 0.3) is 0 Å². The van der Waals surface area contributed by atoms with Crippen molar-refractivity contribution < 1.29 is 4.74 Å². The van der Waals surface area contributed by atoms with E-state index < -0.39 is 0 Å². The number of fused-ring (bicyclic) bond motifs is 1. The van der Waals surface area contributed by atoms with E-state index in [1.54, 1.807) is 11.1 Å². The predicted octanol–water partition coefficient (Wildman–Crippen LogP) is 4.40. The molecule has 0 bridgehead atoms. The third kappa shape index (κ3) is 3.49. The molecule has 1 aliphatic rings. The fourth-order valence-corrected chi connectivity index (χ4v) is 3.09. The first-order chi connectivity index (χ1) is 9.92. The lowest BCUT2D eigenvalue weighted by atomic mass is 10.0. The Kier molecular flexibility index (Phi) is 4.49. The first-order valence-corrected chi connectivity index (χ1v) is 7.60. The highest BCUT2D eigenvalue weighted by molar-refractivity contribution is 5.31. The van der Waals surface area contributed by atoms with Gasteiger partial charge in [0.2, 0.25) is 0 Å². The molecule has 0 amide bonds. The van der Waals surface area contributed by atoms with Crippen molar-refractivity contribution in [3.05, 3.63) is 71.3 Å². The van der Waals surface area contributed by atoms with Crippen molar-refractivity contribution in [2.24, 2.45) is 5.92 Å². The van der Waals surface area contributed by atoms with Gasteiger partial charge >= 0.3 is 0 Å². The summed E-state index contributed by atoms with van der Waals surface area (Å²) < 4.78 is 5.76. The number of rotatable bonds is 6. The second-order valence-corrected chi connectivity index (χ2v) is 5.72. The van der Waals surface area contributed by atoms with Crippen LogP contribution >= 0.6 is 0 Å². The minimum Gasteiger partial charge on any atom is -0.377 e. The molecule has 0 aromatic heterocycles. The van der Waals surface area contributed by atoms with Crippen LogP contribution in [0, 0.1) is 5.92 Å². The molecular formula is C19H22O. The second kappa shape index (κ2) is 6.71. The highest BCUT2D eigenvalue weighted by atomic mass is 16.5. The zero-order valence-corrected chi connectivity index (χ0v) is 11.9. The quantitative estimate of drug-likeness (QED) is 0.704. The number of benzene rings is 2. The summed E-state index contributed by atoms with van der Waals surface area (Å²) in [6, 6.07) is 19.3. The van der Waals surface area contributed by atoms with Gasteiger partial charge in [0, 0.05) is 6.61 Å². The van der Waals surface area contributed by atoms with E-state index in [2.05, 4.69) is 48.5 Å². The minimum absolute atomic E-state index is 0.742. The van der Waals surface area contributed by atoms with Gasteiger partial charge in [-0.2, -0.15) is 0 Å². The van der Waals surface area contributed by atoms with Gasteiger partial charge in [0.15, 0.2) is 0 Å². The van der Waals surface area contributed by atoms with Crippen molar-refractivity contribution in [1.29, 1.82) is 0 Å². The molecule has 20 heavy (non-hydrogen) atoms. The highest BCUT2D eigenvalue weighted by Crippen LogP contribution is 2.29. The third-order valence-electron chi connectivity index (χ3n) is 4.15. The van der Waals surface area contributed by atoms with Crippen LogP contribution < -0.4 is 0 Å². The molecule has 0 spiro atoms. The predicted molar refractivity (Wildman–Crippen MR) is 82.7 cm³/mol. The summed E-state index contributed by atoms with van der Waals surface area (Å²) in [4.78, 5) is 0. The molecule has 3 rings (SSSR count). The van der Waals surface area contributed by atoms with E-state index in [4.69, 9.17) is 4.74 Å². The number of hydrogen-bond acceptors (Lipinski definition) is 1. The van der Waals surface area contributed by atoms with Crippen LogP contribution in [0.2, 0.25) is 0 Å². The Morgan fingerprint density at radius 1 is 0.850 bits per heavy atom. The molecule has 0 fully saturated rings. The molecule has 1 nitrogen and oxygen atoms in total. The average molecular weight is 266 g/mol. The van der Waals surface area contributed by atoms with Gasteiger partial charge in [-0.05, 0) is 48.3 Å². The van der Waals surface area contributed by atoms with Crippen LogP contribution in [-0.4, -0.2) is 6.61 Å². The topological polar surface area (TPSA) is 9.23 Å². The summed E-state index contributed by atoms with van der Waals surface area (Å²) in [5.74, 6) is 0.827. The van der Waals surface area contributed by atoms with E-state index in [-0.39, 0.29) is 0 Å². The van der Waals surface area contributed by atoms with E-state index in [9.17, 15) is 0 Å². The number of ether oxygens (including phenoxy) is 1. The van der Waals surface area contributed by atoms with Gasteiger partial charge in [-0.1, -0.05) is 54.6 Å². The van der Waals surface area contributed by atoms with Crippen molar-refractivity contribution in [1.82, 2.24) is 0 Å². The molecule has 2 aromatic carbocycles. The maximum atomic E-state index is 5.76. The van der Waals surface area contributed by atoms with Crippen molar-refractivity contribution >= 4 is 0 Å². The molecule has 0 atom stereocenters. The van der Waals surface area contributed by atoms with Crippen LogP contribution in [0.25, 0.3) is 0 Å². The van der Waals surface area contributed by atoms with Gasteiger partial charge < -0.3 is 4.74 Å². The molecular weight excluding hydrogens is 244 g/mol. The van der Waals surface area contributed by atoms with Crippen LogP contribution in [0.4, 0.5) is 0 Å². The lowest BCUT2D eigenvalue weighted by Crippen LogP contribution is -2.03. The molecule has 0 heterocycles. The summed E-state index contributed by atoms with van der Waals surface area (Å²) in [7, 11) is 0. The number of hydrogen-bond donors (Lipinski definition) is 0. The standard InChI is InChI=1S/C19H22O/c1-2-7-16(8-3-1)15-20-12-6-9-17-13-18-10-4-5-11-19(18)14-17/h1-5,7-8,10-11,17H,6,9,12-15H2. The molecule has 1 heteroatoms. The van der Waals surface area contributed by atoms with Gasteiger partial charge in [-0.25, -0.2) is 0 Å². The van der Waals surface area contributed by atoms with Crippen LogP contribution in [0.3, 0.4) is 0 Å². The zero-order valence-electron chi connectivity index (χ0n) is 11.9. The lowest BCUT2D eigenvalue weighted by molar-refractivity contribution is 0.114. The van der Waals surface area contributed by atoms with Crippen LogP contribution in [-0.2, 0) is 24.2 Å². The summed E-state index contributed by atoms with van der Waals surface area (Å²) in [6.45, 7) is 1.62. The Morgan fingerprint density at radius 2 is 1.50 bits per heavy atom. The molecule has 104 valence electrons. The molecule has 0 saturated heterocycles. The van der Waals surface area contributed by atoms with Crippen molar-refractivity contribution in [3.8, 4) is 0 Å². The average Bonchev–Trinajstić information content (AvgIpc) is 2.90. The summed E-state index contributed by atoms with van der Waals surface area (Å²) in [6.07, 6.45) is 4.97. The Bertz CT molecular complexity index is 507. The van der Waals surface area contributed by atoms with Gasteiger partial charge in [-0.15, -0.1) is 0 Å². The van der Waals surface area contributed by atoms with E-state index in [0.717, 1.165) is 19.1 Å². The van der Waals surface area contributed by atoms with Crippen molar-refractivity contribution in [2.45, 2.75) is 32.3 Å². The van der Waals surface area contributed by atoms with Crippen LogP contribution in [0.5, 0.6) is 0 Å². The van der Waals surface area contributed by atoms with E-state index in [1.165, 1.54) is 31.2 Å². The Balaban J connectivity index is 1.34. The summed E-state index contributed by atoms with van der Waals surface area (Å²) in [5.41, 5.74) is 4.38. The molecule has 0 N–H and O–H groups in total. The maximum Gasteiger partial charge on any atom is 0.0716 e. The van der Waals surface area contributed by atoms with E-state index >= 15 is 0 Å². The van der Waals surface area contributed by atoms with Crippen molar-refractivity contribution in [2.75, 3.05) is 6.61 Å². The molecule has 0 saturated carbocycles. The fourth-order valence-electron chi connectivity index (χ4n) is 3.09. The minimum atomic E-state index is 0.742. The SMILES string of the molecule is c1ccc(COCCCC2Cc3ccccc3C2)cc1. The molecule has 0 aliphatic heterocycles. The van der Waals surface area contributed by atoms with Gasteiger partial charge in [-0.3, -0.25) is 0 Å². The second-order valence-electron chi connectivity index (χ2n) is 5.72. The largest absolute Gasteiger partial charge is 0.377 e. The van der Waals surface area contributed by atoms with E-state index in [0.29, 0.717) is 0 Å².